The van der Waals surface area contributed by atoms with E-state index in [2.05, 4.69) is 15.3 Å². The summed E-state index contributed by atoms with van der Waals surface area (Å²) < 4.78 is 11.0. The Balaban J connectivity index is 1.62. The maximum absolute atomic E-state index is 5.52. The van der Waals surface area contributed by atoms with E-state index >= 15 is 0 Å². The summed E-state index contributed by atoms with van der Waals surface area (Å²) in [6.45, 7) is 0.671. The SMILES string of the molecule is COc1cc2nc(-c3cccc4cccnc34)nc(NCCc3ccccn3)c2cc1OC. The highest BCUT2D eigenvalue weighted by Gasteiger charge is 2.16. The van der Waals surface area contributed by atoms with Crippen LogP contribution >= 0.6 is 0 Å². The molecule has 3 aromatic heterocycles. The van der Waals surface area contributed by atoms with Gasteiger partial charge in [0.05, 0.1) is 25.3 Å². The third-order valence-electron chi connectivity index (χ3n) is 5.47. The van der Waals surface area contributed by atoms with Gasteiger partial charge < -0.3 is 14.8 Å². The van der Waals surface area contributed by atoms with Crippen LogP contribution in [0.5, 0.6) is 11.5 Å². The Hall–Kier alpha value is -4.26. The third kappa shape index (κ3) is 4.13. The zero-order chi connectivity index (χ0) is 22.6. The number of nitrogens with zero attached hydrogens (tertiary/aromatic N) is 4. The average molecular weight is 438 g/mol. The molecular weight excluding hydrogens is 414 g/mol. The highest BCUT2D eigenvalue weighted by Crippen LogP contribution is 2.36. The highest BCUT2D eigenvalue weighted by molar-refractivity contribution is 5.96. The van der Waals surface area contributed by atoms with Crippen molar-refractivity contribution in [2.75, 3.05) is 26.1 Å². The van der Waals surface area contributed by atoms with Gasteiger partial charge in [-0.1, -0.05) is 24.3 Å². The van der Waals surface area contributed by atoms with E-state index in [1.54, 1.807) is 26.6 Å². The third-order valence-corrected chi connectivity index (χ3v) is 5.47. The molecule has 2 aromatic carbocycles. The van der Waals surface area contributed by atoms with Gasteiger partial charge in [-0.15, -0.1) is 0 Å². The lowest BCUT2D eigenvalue weighted by atomic mass is 10.1. The summed E-state index contributed by atoms with van der Waals surface area (Å²) in [5.74, 6) is 2.56. The van der Waals surface area contributed by atoms with Crippen LogP contribution in [0.2, 0.25) is 0 Å². The first-order chi connectivity index (χ1) is 16.3. The Labute approximate surface area is 191 Å². The van der Waals surface area contributed by atoms with Crippen molar-refractivity contribution in [1.29, 1.82) is 0 Å². The lowest BCUT2D eigenvalue weighted by Gasteiger charge is -2.14. The molecule has 0 aliphatic heterocycles. The minimum atomic E-state index is 0.597. The van der Waals surface area contributed by atoms with E-state index in [0.29, 0.717) is 23.9 Å². The lowest BCUT2D eigenvalue weighted by molar-refractivity contribution is 0.356. The normalized spacial score (nSPS) is 11.0. The van der Waals surface area contributed by atoms with Crippen molar-refractivity contribution in [3.05, 3.63) is 78.8 Å². The summed E-state index contributed by atoms with van der Waals surface area (Å²) in [7, 11) is 3.24. The maximum Gasteiger partial charge on any atom is 0.164 e. The van der Waals surface area contributed by atoms with Gasteiger partial charge in [-0.25, -0.2) is 9.97 Å². The minimum absolute atomic E-state index is 0.597. The molecule has 0 atom stereocenters. The van der Waals surface area contributed by atoms with Crippen molar-refractivity contribution in [3.8, 4) is 22.9 Å². The number of aromatic nitrogens is 4. The zero-order valence-corrected chi connectivity index (χ0v) is 18.4. The first kappa shape index (κ1) is 20.6. The Bertz CT molecular complexity index is 1420. The van der Waals surface area contributed by atoms with Crippen molar-refractivity contribution >= 4 is 27.6 Å². The molecule has 0 spiro atoms. The van der Waals surface area contributed by atoms with E-state index < -0.39 is 0 Å². The van der Waals surface area contributed by atoms with Crippen molar-refractivity contribution in [2.45, 2.75) is 6.42 Å². The summed E-state index contributed by atoms with van der Waals surface area (Å²) >= 11 is 0. The van der Waals surface area contributed by atoms with E-state index in [-0.39, 0.29) is 0 Å². The van der Waals surface area contributed by atoms with E-state index in [1.807, 2.05) is 60.7 Å². The molecule has 0 unspecified atom stereocenters. The predicted molar refractivity (Wildman–Crippen MR) is 130 cm³/mol. The number of hydrogen-bond acceptors (Lipinski definition) is 7. The fourth-order valence-corrected chi connectivity index (χ4v) is 3.85. The lowest BCUT2D eigenvalue weighted by Crippen LogP contribution is -2.09. The quantitative estimate of drug-likeness (QED) is 0.387. The molecule has 5 rings (SSSR count). The molecule has 164 valence electrons. The molecule has 3 heterocycles. The second-order valence-electron chi connectivity index (χ2n) is 7.50. The number of benzene rings is 2. The fraction of sp³-hybridized carbons (Fsp3) is 0.154. The van der Waals surface area contributed by atoms with Gasteiger partial charge in [0, 0.05) is 53.5 Å². The van der Waals surface area contributed by atoms with E-state index in [0.717, 1.165) is 45.3 Å². The molecule has 0 aliphatic rings. The van der Waals surface area contributed by atoms with Gasteiger partial charge in [0.1, 0.15) is 5.82 Å². The molecule has 7 heteroatoms. The number of fused-ring (bicyclic) bond motifs is 2. The number of pyridine rings is 2. The number of rotatable bonds is 7. The number of para-hydroxylation sites is 1. The van der Waals surface area contributed by atoms with Crippen LogP contribution < -0.4 is 14.8 Å². The van der Waals surface area contributed by atoms with Gasteiger partial charge in [0.25, 0.3) is 0 Å². The van der Waals surface area contributed by atoms with Gasteiger partial charge in [-0.05, 0) is 30.3 Å². The molecular formula is C26H23N5O2. The Morgan fingerprint density at radius 1 is 0.818 bits per heavy atom. The summed E-state index contributed by atoms with van der Waals surface area (Å²) in [5.41, 5.74) is 3.50. The van der Waals surface area contributed by atoms with E-state index in [1.165, 1.54) is 0 Å². The zero-order valence-electron chi connectivity index (χ0n) is 18.4. The van der Waals surface area contributed by atoms with E-state index in [4.69, 9.17) is 19.4 Å². The van der Waals surface area contributed by atoms with E-state index in [9.17, 15) is 0 Å². The van der Waals surface area contributed by atoms with Crippen molar-refractivity contribution in [1.82, 2.24) is 19.9 Å². The van der Waals surface area contributed by atoms with Crippen molar-refractivity contribution < 1.29 is 9.47 Å². The van der Waals surface area contributed by atoms with Crippen LogP contribution in [-0.2, 0) is 6.42 Å². The first-order valence-electron chi connectivity index (χ1n) is 10.7. The van der Waals surface area contributed by atoms with Gasteiger partial charge in [-0.2, -0.15) is 0 Å². The van der Waals surface area contributed by atoms with Crippen LogP contribution in [0.15, 0.2) is 73.1 Å². The molecule has 0 bridgehead atoms. The molecule has 1 N–H and O–H groups in total. The molecule has 0 saturated carbocycles. The Kier molecular flexibility index (Phi) is 5.68. The second kappa shape index (κ2) is 9.08. The van der Waals surface area contributed by atoms with Crippen LogP contribution in [-0.4, -0.2) is 40.7 Å². The summed E-state index contributed by atoms with van der Waals surface area (Å²) in [5, 5.41) is 5.37. The van der Waals surface area contributed by atoms with Crippen LogP contribution in [0.4, 0.5) is 5.82 Å². The number of nitrogens with one attached hydrogen (secondary N) is 1. The fourth-order valence-electron chi connectivity index (χ4n) is 3.85. The highest BCUT2D eigenvalue weighted by atomic mass is 16.5. The minimum Gasteiger partial charge on any atom is -0.493 e. The smallest absolute Gasteiger partial charge is 0.164 e. The molecule has 0 saturated heterocycles. The summed E-state index contributed by atoms with van der Waals surface area (Å²) in [4.78, 5) is 18.8. The molecule has 0 aliphatic carbocycles. The average Bonchev–Trinajstić information content (AvgIpc) is 2.88. The summed E-state index contributed by atoms with van der Waals surface area (Å²) in [6, 6.07) is 19.7. The van der Waals surface area contributed by atoms with Crippen molar-refractivity contribution in [3.63, 3.8) is 0 Å². The number of ether oxygens (including phenoxy) is 2. The molecule has 0 amide bonds. The topological polar surface area (TPSA) is 82.1 Å². The molecule has 33 heavy (non-hydrogen) atoms. The van der Waals surface area contributed by atoms with Crippen molar-refractivity contribution in [2.24, 2.45) is 0 Å². The molecule has 0 fully saturated rings. The van der Waals surface area contributed by atoms with Crippen LogP contribution in [0.1, 0.15) is 5.69 Å². The monoisotopic (exact) mass is 437 g/mol. The first-order valence-corrected chi connectivity index (χ1v) is 10.7. The largest absolute Gasteiger partial charge is 0.493 e. The second-order valence-corrected chi connectivity index (χ2v) is 7.50. The molecule has 5 aromatic rings. The van der Waals surface area contributed by atoms with Gasteiger partial charge in [0.2, 0.25) is 0 Å². The predicted octanol–water partition coefficient (Wildman–Crippen LogP) is 4.91. The standard InChI is InChI=1S/C26H23N5O2/c1-32-22-15-20-21(16-23(22)33-2)30-26(19-10-5-7-17-8-6-13-28-24(17)19)31-25(20)29-14-11-18-9-3-4-12-27-18/h3-10,12-13,15-16H,11,14H2,1-2H3,(H,29,30,31). The molecule has 0 radical (unpaired) electrons. The number of anilines is 1. The Morgan fingerprint density at radius 3 is 2.45 bits per heavy atom. The van der Waals surface area contributed by atoms with Gasteiger partial charge >= 0.3 is 0 Å². The van der Waals surface area contributed by atoms with Crippen LogP contribution in [0.3, 0.4) is 0 Å². The Morgan fingerprint density at radius 2 is 1.64 bits per heavy atom. The maximum atomic E-state index is 5.52. The number of methoxy groups -OCH3 is 2. The summed E-state index contributed by atoms with van der Waals surface area (Å²) in [6.07, 6.45) is 4.36. The van der Waals surface area contributed by atoms with Gasteiger partial charge in [0.15, 0.2) is 17.3 Å². The van der Waals surface area contributed by atoms with Crippen LogP contribution in [0.25, 0.3) is 33.2 Å². The molecule has 7 nitrogen and oxygen atoms in total. The van der Waals surface area contributed by atoms with Gasteiger partial charge in [-0.3, -0.25) is 9.97 Å². The number of hydrogen-bond donors (Lipinski definition) is 1. The van der Waals surface area contributed by atoms with Crippen LogP contribution in [0, 0.1) is 0 Å².